The zero-order valence-corrected chi connectivity index (χ0v) is 19.2. The summed E-state index contributed by atoms with van der Waals surface area (Å²) in [5.74, 6) is 1.08. The van der Waals surface area contributed by atoms with Crippen molar-refractivity contribution < 1.29 is 9.53 Å². The monoisotopic (exact) mass is 455 g/mol. The van der Waals surface area contributed by atoms with Crippen LogP contribution in [0.4, 0.5) is 0 Å². The lowest BCUT2D eigenvalue weighted by atomic mass is 9.88. The fourth-order valence-electron chi connectivity index (χ4n) is 3.70. The highest BCUT2D eigenvalue weighted by molar-refractivity contribution is 8.00. The summed E-state index contributed by atoms with van der Waals surface area (Å²) in [5, 5.41) is 10.4. The van der Waals surface area contributed by atoms with Gasteiger partial charge in [-0.3, -0.25) is 9.36 Å². The normalized spacial score (nSPS) is 16.0. The fraction of sp³-hybridized carbons (Fsp3) is 0.571. The summed E-state index contributed by atoms with van der Waals surface area (Å²) in [5.41, 5.74) is 0.867. The summed E-state index contributed by atoms with van der Waals surface area (Å²) >= 11 is 13.9. The Balaban J connectivity index is 2.00. The fourth-order valence-corrected chi connectivity index (χ4v) is 5.16. The molecule has 1 aromatic carbocycles. The molecule has 0 bridgehead atoms. The zero-order chi connectivity index (χ0) is 20.8. The predicted molar refractivity (Wildman–Crippen MR) is 118 cm³/mol. The lowest BCUT2D eigenvalue weighted by Gasteiger charge is -2.22. The maximum absolute atomic E-state index is 12.5. The number of benzene rings is 1. The van der Waals surface area contributed by atoms with E-state index in [0.717, 1.165) is 37.2 Å². The van der Waals surface area contributed by atoms with Crippen molar-refractivity contribution in [1.29, 1.82) is 0 Å². The first-order valence-electron chi connectivity index (χ1n) is 10.3. The molecule has 0 radical (unpaired) electrons. The van der Waals surface area contributed by atoms with Gasteiger partial charge >= 0.3 is 5.97 Å². The molecule has 1 saturated carbocycles. The number of thioether (sulfide) groups is 1. The van der Waals surface area contributed by atoms with Crippen LogP contribution in [0.1, 0.15) is 70.5 Å². The molecule has 158 valence electrons. The molecule has 2 aromatic rings. The number of halogens is 2. The molecule has 5 nitrogen and oxygen atoms in total. The first-order valence-corrected chi connectivity index (χ1v) is 11.9. The number of rotatable bonds is 8. The second kappa shape index (κ2) is 10.7. The van der Waals surface area contributed by atoms with Gasteiger partial charge in [-0.05, 0) is 44.4 Å². The third-order valence-electron chi connectivity index (χ3n) is 5.14. The Morgan fingerprint density at radius 3 is 2.62 bits per heavy atom. The number of nitrogens with zero attached hydrogens (tertiary/aromatic N) is 3. The van der Waals surface area contributed by atoms with E-state index in [1.54, 1.807) is 6.07 Å². The van der Waals surface area contributed by atoms with E-state index in [1.165, 1.54) is 31.0 Å². The van der Waals surface area contributed by atoms with Crippen molar-refractivity contribution in [2.45, 2.75) is 75.1 Å². The maximum atomic E-state index is 12.5. The average molecular weight is 456 g/mol. The molecule has 0 N–H and O–H groups in total. The molecule has 0 aliphatic heterocycles. The predicted octanol–water partition coefficient (Wildman–Crippen LogP) is 6.45. The number of esters is 1. The molecule has 0 spiro atoms. The number of ether oxygens (including phenoxy) is 1. The highest BCUT2D eigenvalue weighted by Gasteiger charge is 2.28. The van der Waals surface area contributed by atoms with Crippen LogP contribution in [0.2, 0.25) is 10.0 Å². The van der Waals surface area contributed by atoms with Crippen LogP contribution in [0.5, 0.6) is 0 Å². The summed E-state index contributed by atoms with van der Waals surface area (Å²) in [6.07, 6.45) is 7.45. The van der Waals surface area contributed by atoms with Gasteiger partial charge in [-0.15, -0.1) is 10.2 Å². The lowest BCUT2D eigenvalue weighted by Crippen LogP contribution is -2.21. The quantitative estimate of drug-likeness (QED) is 0.338. The van der Waals surface area contributed by atoms with Crippen LogP contribution in [0.25, 0.3) is 5.69 Å². The summed E-state index contributed by atoms with van der Waals surface area (Å²) in [7, 11) is 0. The molecule has 1 aromatic heterocycles. The van der Waals surface area contributed by atoms with Gasteiger partial charge < -0.3 is 4.74 Å². The van der Waals surface area contributed by atoms with Crippen molar-refractivity contribution in [3.05, 3.63) is 34.1 Å². The molecular formula is C21H27Cl2N3O2S. The van der Waals surface area contributed by atoms with Crippen molar-refractivity contribution >= 4 is 40.9 Å². The van der Waals surface area contributed by atoms with Gasteiger partial charge in [0.15, 0.2) is 5.16 Å². The smallest absolute Gasteiger partial charge is 0.319 e. The molecule has 0 unspecified atom stereocenters. The molecule has 0 amide bonds. The van der Waals surface area contributed by atoms with Gasteiger partial charge in [-0.25, -0.2) is 0 Å². The molecule has 8 heteroatoms. The van der Waals surface area contributed by atoms with Crippen molar-refractivity contribution in [3.63, 3.8) is 0 Å². The van der Waals surface area contributed by atoms with Crippen LogP contribution in [0.3, 0.4) is 0 Å². The zero-order valence-electron chi connectivity index (χ0n) is 16.9. The molecule has 29 heavy (non-hydrogen) atoms. The van der Waals surface area contributed by atoms with E-state index in [4.69, 9.17) is 27.9 Å². The van der Waals surface area contributed by atoms with Gasteiger partial charge in [0.2, 0.25) is 0 Å². The second-order valence-electron chi connectivity index (χ2n) is 7.26. The molecule has 1 heterocycles. The third-order valence-corrected chi connectivity index (χ3v) is 7.06. The Kier molecular flexibility index (Phi) is 8.27. The van der Waals surface area contributed by atoms with E-state index in [1.807, 2.05) is 23.6 Å². The summed E-state index contributed by atoms with van der Waals surface area (Å²) in [6, 6.07) is 5.54. The van der Waals surface area contributed by atoms with E-state index >= 15 is 0 Å². The Hall–Kier alpha value is -1.24. The largest absolute Gasteiger partial charge is 0.465 e. The van der Waals surface area contributed by atoms with E-state index in [-0.39, 0.29) is 11.2 Å². The Bertz CT molecular complexity index is 837. The number of aromatic nitrogens is 3. The van der Waals surface area contributed by atoms with E-state index in [0.29, 0.717) is 27.7 Å². The van der Waals surface area contributed by atoms with Crippen LogP contribution in [-0.4, -0.2) is 32.6 Å². The van der Waals surface area contributed by atoms with Crippen LogP contribution in [-0.2, 0) is 9.53 Å². The minimum atomic E-state index is -0.315. The second-order valence-corrected chi connectivity index (χ2v) is 9.24. The number of hydrogen-bond acceptors (Lipinski definition) is 5. The van der Waals surface area contributed by atoms with Gasteiger partial charge in [0, 0.05) is 5.92 Å². The van der Waals surface area contributed by atoms with E-state index in [2.05, 4.69) is 17.1 Å². The Morgan fingerprint density at radius 2 is 1.97 bits per heavy atom. The maximum Gasteiger partial charge on any atom is 0.319 e. The topological polar surface area (TPSA) is 57.0 Å². The number of carbonyl (C=O) groups excluding carboxylic acids is 1. The van der Waals surface area contributed by atoms with Gasteiger partial charge in [0.05, 0.1) is 22.3 Å². The van der Waals surface area contributed by atoms with Gasteiger partial charge in [-0.1, -0.05) is 67.6 Å². The molecule has 1 aliphatic rings. The summed E-state index contributed by atoms with van der Waals surface area (Å²) in [6.45, 7) is 4.25. The first-order chi connectivity index (χ1) is 14.0. The highest BCUT2D eigenvalue weighted by atomic mass is 35.5. The molecule has 1 fully saturated rings. The molecule has 1 atom stereocenters. The Labute approximate surface area is 186 Å². The Morgan fingerprint density at radius 1 is 1.21 bits per heavy atom. The first kappa shape index (κ1) is 22.4. The van der Waals surface area contributed by atoms with Crippen molar-refractivity contribution in [2.24, 2.45) is 0 Å². The average Bonchev–Trinajstić information content (AvgIpc) is 3.14. The molecule has 0 saturated heterocycles. The molecule has 1 aliphatic carbocycles. The van der Waals surface area contributed by atoms with Crippen LogP contribution in [0.15, 0.2) is 23.4 Å². The van der Waals surface area contributed by atoms with Crippen LogP contribution >= 0.6 is 35.0 Å². The number of hydrogen-bond donors (Lipinski definition) is 0. The summed E-state index contributed by atoms with van der Waals surface area (Å²) < 4.78 is 7.32. The van der Waals surface area contributed by atoms with Crippen molar-refractivity contribution in [3.8, 4) is 5.69 Å². The molecule has 3 rings (SSSR count). The minimum Gasteiger partial charge on any atom is -0.465 e. The highest BCUT2D eigenvalue weighted by Crippen LogP contribution is 2.37. The standard InChI is InChI=1S/C21H27Cl2N3O2S/c1-3-8-18(20(27)28-4-2)29-21-25-24-19(14-9-6-5-7-10-14)26(21)15-11-12-16(22)17(23)13-15/h11-14,18H,3-10H2,1-2H3/t18-/m1/s1. The summed E-state index contributed by atoms with van der Waals surface area (Å²) in [4.78, 5) is 12.5. The third kappa shape index (κ3) is 5.47. The SMILES string of the molecule is CCC[C@@H](Sc1nnc(C2CCCCC2)n1-c1ccc(Cl)c(Cl)c1)C(=O)OCC. The number of carbonyl (C=O) groups is 1. The van der Waals surface area contributed by atoms with E-state index in [9.17, 15) is 4.79 Å². The van der Waals surface area contributed by atoms with Crippen molar-refractivity contribution in [1.82, 2.24) is 14.8 Å². The van der Waals surface area contributed by atoms with E-state index < -0.39 is 0 Å². The minimum absolute atomic E-state index is 0.206. The van der Waals surface area contributed by atoms with Crippen LogP contribution in [0, 0.1) is 0 Å². The lowest BCUT2D eigenvalue weighted by molar-refractivity contribution is -0.142. The van der Waals surface area contributed by atoms with Gasteiger partial charge in [0.25, 0.3) is 0 Å². The van der Waals surface area contributed by atoms with Crippen LogP contribution < -0.4 is 0 Å². The van der Waals surface area contributed by atoms with Crippen molar-refractivity contribution in [2.75, 3.05) is 6.61 Å². The molecular weight excluding hydrogens is 429 g/mol. The van der Waals surface area contributed by atoms with Gasteiger partial charge in [0.1, 0.15) is 11.1 Å². The van der Waals surface area contributed by atoms with Gasteiger partial charge in [-0.2, -0.15) is 0 Å².